The van der Waals surface area contributed by atoms with Crippen molar-refractivity contribution < 1.29 is 14.3 Å². The standard InChI is InChI=1S/C16H17N3O3S2/c1-2-22-15(21)9-14-19(13(20)10-24-14)7-8-23-16-17-11-5-3-4-6-12(11)18-16/h3-6,9H,2,7-8,10H2,1H3,(H,17,18)/b14-9-. The van der Waals surface area contributed by atoms with Gasteiger partial charge in [0.2, 0.25) is 5.91 Å². The van der Waals surface area contributed by atoms with Crippen LogP contribution in [0.4, 0.5) is 0 Å². The third kappa shape index (κ3) is 3.93. The molecule has 24 heavy (non-hydrogen) atoms. The fraction of sp³-hybridized carbons (Fsp3) is 0.312. The van der Waals surface area contributed by atoms with Crippen LogP contribution < -0.4 is 0 Å². The Hall–Kier alpha value is -1.93. The summed E-state index contributed by atoms with van der Waals surface area (Å²) in [7, 11) is 0. The maximum Gasteiger partial charge on any atom is 0.333 e. The first-order valence-corrected chi connectivity index (χ1v) is 9.53. The van der Waals surface area contributed by atoms with Gasteiger partial charge in [-0.2, -0.15) is 0 Å². The van der Waals surface area contributed by atoms with Gasteiger partial charge < -0.3 is 14.6 Å². The predicted octanol–water partition coefficient (Wildman–Crippen LogP) is 2.63. The maximum absolute atomic E-state index is 12.0. The van der Waals surface area contributed by atoms with E-state index in [4.69, 9.17) is 4.74 Å². The minimum absolute atomic E-state index is 0.0146. The van der Waals surface area contributed by atoms with E-state index in [-0.39, 0.29) is 5.91 Å². The van der Waals surface area contributed by atoms with Crippen molar-refractivity contribution in [1.29, 1.82) is 0 Å². The average Bonchev–Trinajstić information content (AvgIpc) is 3.12. The number of esters is 1. The zero-order valence-corrected chi connectivity index (χ0v) is 14.8. The summed E-state index contributed by atoms with van der Waals surface area (Å²) >= 11 is 2.92. The van der Waals surface area contributed by atoms with Gasteiger partial charge in [-0.25, -0.2) is 9.78 Å². The molecule has 2 heterocycles. The first-order chi connectivity index (χ1) is 11.7. The van der Waals surface area contributed by atoms with Gasteiger partial charge in [0.25, 0.3) is 0 Å². The van der Waals surface area contributed by atoms with Crippen molar-refractivity contribution >= 4 is 46.4 Å². The molecule has 1 fully saturated rings. The number of nitrogens with one attached hydrogen (secondary N) is 1. The highest BCUT2D eigenvalue weighted by atomic mass is 32.2. The third-order valence-corrected chi connectivity index (χ3v) is 5.24. The number of H-pyrrole nitrogens is 1. The smallest absolute Gasteiger partial charge is 0.333 e. The van der Waals surface area contributed by atoms with E-state index in [0.717, 1.165) is 16.2 Å². The van der Waals surface area contributed by atoms with Crippen LogP contribution in [0.5, 0.6) is 0 Å². The number of aromatic nitrogens is 2. The molecule has 0 atom stereocenters. The van der Waals surface area contributed by atoms with E-state index in [1.807, 2.05) is 24.3 Å². The van der Waals surface area contributed by atoms with Crippen LogP contribution in [0.25, 0.3) is 11.0 Å². The van der Waals surface area contributed by atoms with Gasteiger partial charge in [-0.15, -0.1) is 0 Å². The lowest BCUT2D eigenvalue weighted by atomic mass is 10.3. The highest BCUT2D eigenvalue weighted by Gasteiger charge is 2.27. The Morgan fingerprint density at radius 3 is 3.12 bits per heavy atom. The van der Waals surface area contributed by atoms with Crippen molar-refractivity contribution in [2.75, 3.05) is 24.7 Å². The second-order valence-corrected chi connectivity index (χ2v) is 7.06. The summed E-state index contributed by atoms with van der Waals surface area (Å²) in [5.41, 5.74) is 1.92. The Balaban J connectivity index is 1.59. The van der Waals surface area contributed by atoms with Crippen molar-refractivity contribution in [3.05, 3.63) is 35.4 Å². The average molecular weight is 363 g/mol. The summed E-state index contributed by atoms with van der Waals surface area (Å²) in [4.78, 5) is 32.9. The number of thioether (sulfide) groups is 2. The zero-order valence-electron chi connectivity index (χ0n) is 13.2. The fourth-order valence-electron chi connectivity index (χ4n) is 2.28. The number of para-hydroxylation sites is 2. The zero-order chi connectivity index (χ0) is 16.9. The van der Waals surface area contributed by atoms with Crippen molar-refractivity contribution in [2.45, 2.75) is 12.1 Å². The molecular formula is C16H17N3O3S2. The van der Waals surface area contributed by atoms with Gasteiger partial charge in [-0.1, -0.05) is 35.7 Å². The molecule has 1 aliphatic rings. The number of imidazole rings is 1. The minimum Gasteiger partial charge on any atom is -0.463 e. The SMILES string of the molecule is CCOC(=O)/C=C1\SCC(=O)N1CCSc1nc2ccccc2[nH]1. The Labute approximate surface area is 148 Å². The minimum atomic E-state index is -0.412. The normalized spacial score (nSPS) is 16.3. The molecular weight excluding hydrogens is 346 g/mol. The van der Waals surface area contributed by atoms with Crippen molar-refractivity contribution in [3.63, 3.8) is 0 Å². The van der Waals surface area contributed by atoms with E-state index < -0.39 is 5.97 Å². The molecule has 0 spiro atoms. The maximum atomic E-state index is 12.0. The molecule has 1 saturated heterocycles. The molecule has 3 rings (SSSR count). The number of hydrogen-bond donors (Lipinski definition) is 1. The van der Waals surface area contributed by atoms with Gasteiger partial charge >= 0.3 is 5.97 Å². The van der Waals surface area contributed by atoms with Crippen LogP contribution in [0.15, 0.2) is 40.5 Å². The first kappa shape index (κ1) is 16.9. The van der Waals surface area contributed by atoms with E-state index in [2.05, 4.69) is 9.97 Å². The molecule has 126 valence electrons. The summed E-state index contributed by atoms with van der Waals surface area (Å²) in [6, 6.07) is 7.84. The molecule has 1 aromatic carbocycles. The van der Waals surface area contributed by atoms with E-state index in [1.54, 1.807) is 23.6 Å². The molecule has 2 aromatic rings. The lowest BCUT2D eigenvalue weighted by Gasteiger charge is -2.16. The van der Waals surface area contributed by atoms with Crippen molar-refractivity contribution in [2.24, 2.45) is 0 Å². The predicted molar refractivity (Wildman–Crippen MR) is 95.7 cm³/mol. The Kier molecular flexibility index (Phi) is 5.47. The number of fused-ring (bicyclic) bond motifs is 1. The monoisotopic (exact) mass is 363 g/mol. The van der Waals surface area contributed by atoms with E-state index >= 15 is 0 Å². The molecule has 1 N–H and O–H groups in total. The summed E-state index contributed by atoms with van der Waals surface area (Å²) in [5.74, 6) is 0.651. The molecule has 0 aliphatic carbocycles. The Bertz CT molecular complexity index is 755. The summed E-state index contributed by atoms with van der Waals surface area (Å²) in [6.07, 6.45) is 1.39. The highest BCUT2D eigenvalue weighted by Crippen LogP contribution is 2.29. The number of benzene rings is 1. The molecule has 1 amide bonds. The van der Waals surface area contributed by atoms with Gasteiger partial charge in [-0.05, 0) is 19.1 Å². The second kappa shape index (κ2) is 7.76. The quantitative estimate of drug-likeness (QED) is 0.483. The molecule has 8 heteroatoms. The third-order valence-electron chi connectivity index (χ3n) is 3.36. The van der Waals surface area contributed by atoms with E-state index in [9.17, 15) is 9.59 Å². The van der Waals surface area contributed by atoms with Gasteiger partial charge in [0, 0.05) is 12.3 Å². The number of carbonyl (C=O) groups excluding carboxylic acids is 2. The molecule has 0 saturated carbocycles. The van der Waals surface area contributed by atoms with Crippen LogP contribution in [0.1, 0.15) is 6.92 Å². The van der Waals surface area contributed by atoms with Gasteiger partial charge in [0.1, 0.15) is 0 Å². The first-order valence-electron chi connectivity index (χ1n) is 7.56. The van der Waals surface area contributed by atoms with Crippen LogP contribution in [0, 0.1) is 0 Å². The molecule has 6 nitrogen and oxygen atoms in total. The molecule has 0 radical (unpaired) electrons. The summed E-state index contributed by atoms with van der Waals surface area (Å²) < 4.78 is 4.91. The number of rotatable bonds is 6. The van der Waals surface area contributed by atoms with Crippen molar-refractivity contribution in [3.8, 4) is 0 Å². The molecule has 0 bridgehead atoms. The van der Waals surface area contributed by atoms with Crippen LogP contribution >= 0.6 is 23.5 Å². The van der Waals surface area contributed by atoms with Crippen LogP contribution in [-0.2, 0) is 14.3 Å². The largest absolute Gasteiger partial charge is 0.463 e. The van der Waals surface area contributed by atoms with Gasteiger partial charge in [0.15, 0.2) is 5.16 Å². The Morgan fingerprint density at radius 2 is 2.33 bits per heavy atom. The summed E-state index contributed by atoms with van der Waals surface area (Å²) in [6.45, 7) is 2.60. The number of hydrogen-bond acceptors (Lipinski definition) is 6. The lowest BCUT2D eigenvalue weighted by molar-refractivity contribution is -0.137. The van der Waals surface area contributed by atoms with Gasteiger partial charge in [0.05, 0.1) is 34.5 Å². The second-order valence-electron chi connectivity index (χ2n) is 4.98. The Morgan fingerprint density at radius 1 is 1.50 bits per heavy atom. The molecule has 1 aliphatic heterocycles. The van der Waals surface area contributed by atoms with Crippen LogP contribution in [0.2, 0.25) is 0 Å². The van der Waals surface area contributed by atoms with E-state index in [1.165, 1.54) is 17.8 Å². The number of aromatic amines is 1. The van der Waals surface area contributed by atoms with Crippen LogP contribution in [0.3, 0.4) is 0 Å². The fourth-order valence-corrected chi connectivity index (χ4v) is 4.05. The number of amides is 1. The van der Waals surface area contributed by atoms with Crippen molar-refractivity contribution in [1.82, 2.24) is 14.9 Å². The molecule has 0 unspecified atom stereocenters. The lowest BCUT2D eigenvalue weighted by Crippen LogP contribution is -2.27. The summed E-state index contributed by atoms with van der Waals surface area (Å²) in [5, 5.41) is 1.48. The topological polar surface area (TPSA) is 75.3 Å². The highest BCUT2D eigenvalue weighted by molar-refractivity contribution is 8.04. The van der Waals surface area contributed by atoms with E-state index in [0.29, 0.717) is 29.7 Å². The molecule has 1 aromatic heterocycles. The van der Waals surface area contributed by atoms with Gasteiger partial charge in [-0.3, -0.25) is 4.79 Å². The number of ether oxygens (including phenoxy) is 1. The van der Waals surface area contributed by atoms with Crippen LogP contribution in [-0.4, -0.2) is 51.4 Å². The number of carbonyl (C=O) groups is 2. The number of nitrogens with zero attached hydrogens (tertiary/aromatic N) is 2.